The number of fused-ring (bicyclic) bond motifs is 1. The molecule has 5 heteroatoms. The number of hydrogen-bond acceptors (Lipinski definition) is 4. The average Bonchev–Trinajstić information content (AvgIpc) is 2.68. The Morgan fingerprint density at radius 1 is 1.38 bits per heavy atom. The van der Waals surface area contributed by atoms with Gasteiger partial charge < -0.3 is 15.1 Å². The number of amides is 1. The molecule has 2 aliphatic heterocycles. The van der Waals surface area contributed by atoms with Gasteiger partial charge in [0.2, 0.25) is 5.91 Å². The van der Waals surface area contributed by atoms with Crippen LogP contribution in [-0.2, 0) is 11.3 Å². The first-order valence-corrected chi connectivity index (χ1v) is 8.77. The quantitative estimate of drug-likeness (QED) is 0.899. The molecule has 0 aliphatic carbocycles. The van der Waals surface area contributed by atoms with Gasteiger partial charge in [-0.1, -0.05) is 18.2 Å². The lowest BCUT2D eigenvalue weighted by Gasteiger charge is -2.26. The maximum Gasteiger partial charge on any atom is 0.224 e. The molecule has 3 rings (SSSR count). The lowest BCUT2D eigenvalue weighted by Crippen LogP contribution is -2.43. The Hall–Kier alpha value is -1.20. The molecule has 0 saturated carbocycles. The summed E-state index contributed by atoms with van der Waals surface area (Å²) < 4.78 is 0. The zero-order valence-electron chi connectivity index (χ0n) is 12.5. The van der Waals surface area contributed by atoms with E-state index in [-0.39, 0.29) is 5.91 Å². The van der Waals surface area contributed by atoms with Gasteiger partial charge in [0.25, 0.3) is 0 Å². The number of nitrogens with zero attached hydrogens (tertiary/aromatic N) is 2. The van der Waals surface area contributed by atoms with Crippen LogP contribution in [0.2, 0.25) is 0 Å². The van der Waals surface area contributed by atoms with E-state index in [4.69, 9.17) is 0 Å². The number of carbonyl (C=O) groups is 1. The van der Waals surface area contributed by atoms with Crippen molar-refractivity contribution in [3.8, 4) is 0 Å². The van der Waals surface area contributed by atoms with Crippen LogP contribution in [-0.4, -0.2) is 55.0 Å². The van der Waals surface area contributed by atoms with Gasteiger partial charge in [0, 0.05) is 62.9 Å². The van der Waals surface area contributed by atoms with Gasteiger partial charge in [-0.15, -0.1) is 0 Å². The average molecular weight is 305 g/mol. The second-order valence-electron chi connectivity index (χ2n) is 5.80. The molecule has 2 aliphatic rings. The minimum absolute atomic E-state index is 0.278. The third-order valence-corrected chi connectivity index (χ3v) is 5.37. The molecule has 0 radical (unpaired) electrons. The van der Waals surface area contributed by atoms with Crippen molar-refractivity contribution in [1.29, 1.82) is 0 Å². The molecule has 1 atom stereocenters. The summed E-state index contributed by atoms with van der Waals surface area (Å²) in [6, 6.07) is 8.73. The van der Waals surface area contributed by atoms with E-state index in [9.17, 15) is 4.79 Å². The summed E-state index contributed by atoms with van der Waals surface area (Å²) in [4.78, 5) is 16.9. The van der Waals surface area contributed by atoms with Gasteiger partial charge in [-0.3, -0.25) is 4.79 Å². The summed E-state index contributed by atoms with van der Waals surface area (Å²) in [5.74, 6) is 2.49. The van der Waals surface area contributed by atoms with Crippen LogP contribution < -0.4 is 10.2 Å². The molecule has 1 aromatic rings. The highest BCUT2D eigenvalue weighted by Gasteiger charge is 2.24. The zero-order valence-corrected chi connectivity index (χ0v) is 13.4. The second kappa shape index (κ2) is 6.71. The molecule has 114 valence electrons. The fourth-order valence-corrected chi connectivity index (χ4v) is 3.95. The predicted octanol–water partition coefficient (Wildman–Crippen LogP) is 1.56. The Morgan fingerprint density at radius 3 is 3.05 bits per heavy atom. The van der Waals surface area contributed by atoms with Gasteiger partial charge in [0.15, 0.2) is 0 Å². The van der Waals surface area contributed by atoms with Crippen molar-refractivity contribution >= 4 is 23.4 Å². The SMILES string of the molecule is CN1CCN(C(=O)CC2CSCCN2)Cc2ccccc21. The molecular formula is C16H23N3OS. The third-order valence-electron chi connectivity index (χ3n) is 4.24. The van der Waals surface area contributed by atoms with E-state index in [2.05, 4.69) is 41.5 Å². The molecule has 2 heterocycles. The largest absolute Gasteiger partial charge is 0.373 e. The number of rotatable bonds is 2. The van der Waals surface area contributed by atoms with Gasteiger partial charge in [-0.25, -0.2) is 0 Å². The molecule has 1 saturated heterocycles. The summed E-state index contributed by atoms with van der Waals surface area (Å²) in [6.45, 7) is 3.47. The van der Waals surface area contributed by atoms with Crippen molar-refractivity contribution in [3.63, 3.8) is 0 Å². The monoisotopic (exact) mass is 305 g/mol. The normalized spacial score (nSPS) is 22.6. The topological polar surface area (TPSA) is 35.6 Å². The number of benzene rings is 1. The first-order valence-electron chi connectivity index (χ1n) is 7.62. The van der Waals surface area contributed by atoms with Crippen LogP contribution in [0.4, 0.5) is 5.69 Å². The van der Waals surface area contributed by atoms with Crippen LogP contribution in [0.25, 0.3) is 0 Å². The highest BCUT2D eigenvalue weighted by Crippen LogP contribution is 2.24. The van der Waals surface area contributed by atoms with Crippen LogP contribution in [0.5, 0.6) is 0 Å². The maximum atomic E-state index is 12.6. The molecule has 1 amide bonds. The Kier molecular flexibility index (Phi) is 4.70. The maximum absolute atomic E-state index is 12.6. The van der Waals surface area contributed by atoms with E-state index in [0.29, 0.717) is 12.5 Å². The minimum Gasteiger partial charge on any atom is -0.373 e. The number of thioether (sulfide) groups is 1. The van der Waals surface area contributed by atoms with E-state index < -0.39 is 0 Å². The van der Waals surface area contributed by atoms with Gasteiger partial charge in [-0.05, 0) is 11.6 Å². The summed E-state index contributed by atoms with van der Waals surface area (Å²) in [5, 5.41) is 3.45. The predicted molar refractivity (Wildman–Crippen MR) is 88.9 cm³/mol. The van der Waals surface area contributed by atoms with Crippen LogP contribution in [0, 0.1) is 0 Å². The molecule has 1 fully saturated rings. The van der Waals surface area contributed by atoms with Gasteiger partial charge in [-0.2, -0.15) is 11.8 Å². The van der Waals surface area contributed by atoms with E-state index >= 15 is 0 Å². The number of hydrogen-bond donors (Lipinski definition) is 1. The third kappa shape index (κ3) is 3.52. The van der Waals surface area contributed by atoms with Crippen LogP contribution >= 0.6 is 11.8 Å². The van der Waals surface area contributed by atoms with Crippen molar-refractivity contribution in [3.05, 3.63) is 29.8 Å². The summed E-state index contributed by atoms with van der Waals surface area (Å²) in [5.41, 5.74) is 2.50. The van der Waals surface area contributed by atoms with Crippen molar-refractivity contribution in [1.82, 2.24) is 10.2 Å². The molecule has 0 spiro atoms. The van der Waals surface area contributed by atoms with Gasteiger partial charge >= 0.3 is 0 Å². The van der Waals surface area contributed by atoms with Crippen molar-refractivity contribution in [2.75, 3.05) is 43.1 Å². The molecule has 1 unspecified atom stereocenters. The Bertz CT molecular complexity index is 502. The lowest BCUT2D eigenvalue weighted by molar-refractivity contribution is -0.132. The smallest absolute Gasteiger partial charge is 0.224 e. The van der Waals surface area contributed by atoms with E-state index in [0.717, 1.165) is 37.7 Å². The van der Waals surface area contributed by atoms with Crippen LogP contribution in [0.3, 0.4) is 0 Å². The Morgan fingerprint density at radius 2 is 2.24 bits per heavy atom. The van der Waals surface area contributed by atoms with E-state index in [1.165, 1.54) is 11.3 Å². The summed E-state index contributed by atoms with van der Waals surface area (Å²) >= 11 is 1.94. The van der Waals surface area contributed by atoms with Crippen molar-refractivity contribution < 1.29 is 4.79 Å². The number of carbonyl (C=O) groups excluding carboxylic acids is 1. The van der Waals surface area contributed by atoms with Crippen LogP contribution in [0.1, 0.15) is 12.0 Å². The zero-order chi connectivity index (χ0) is 14.7. The minimum atomic E-state index is 0.278. The van der Waals surface area contributed by atoms with E-state index in [1.54, 1.807) is 0 Å². The highest BCUT2D eigenvalue weighted by atomic mass is 32.2. The van der Waals surface area contributed by atoms with E-state index in [1.807, 2.05) is 16.7 Å². The lowest BCUT2D eigenvalue weighted by atomic mass is 10.1. The fraction of sp³-hybridized carbons (Fsp3) is 0.562. The summed E-state index contributed by atoms with van der Waals surface area (Å²) in [6.07, 6.45) is 0.624. The first-order chi connectivity index (χ1) is 10.2. The first kappa shape index (κ1) is 14.7. The molecule has 1 aromatic carbocycles. The molecule has 1 N–H and O–H groups in total. The fourth-order valence-electron chi connectivity index (χ4n) is 3.00. The van der Waals surface area contributed by atoms with Gasteiger partial charge in [0.1, 0.15) is 0 Å². The number of nitrogens with one attached hydrogen (secondary N) is 1. The number of likely N-dealkylation sites (N-methyl/N-ethyl adjacent to an activating group) is 1. The number of anilines is 1. The van der Waals surface area contributed by atoms with Crippen molar-refractivity contribution in [2.45, 2.75) is 19.0 Å². The molecule has 21 heavy (non-hydrogen) atoms. The standard InChI is InChI=1S/C16H23N3OS/c1-18-7-8-19(11-13-4-2-3-5-15(13)18)16(20)10-14-12-21-9-6-17-14/h2-5,14,17H,6-12H2,1H3. The second-order valence-corrected chi connectivity index (χ2v) is 6.95. The molecule has 4 nitrogen and oxygen atoms in total. The van der Waals surface area contributed by atoms with Gasteiger partial charge in [0.05, 0.1) is 0 Å². The summed E-state index contributed by atoms with van der Waals surface area (Å²) in [7, 11) is 2.10. The Labute approximate surface area is 130 Å². The molecule has 0 bridgehead atoms. The van der Waals surface area contributed by atoms with Crippen LogP contribution in [0.15, 0.2) is 24.3 Å². The highest BCUT2D eigenvalue weighted by molar-refractivity contribution is 7.99. The molecule has 0 aromatic heterocycles. The number of para-hydroxylation sites is 1. The van der Waals surface area contributed by atoms with Crippen molar-refractivity contribution in [2.24, 2.45) is 0 Å². The molecular weight excluding hydrogens is 282 g/mol. The Balaban J connectivity index is 1.67.